The van der Waals surface area contributed by atoms with Gasteiger partial charge in [0.15, 0.2) is 0 Å². The van der Waals surface area contributed by atoms with Crippen LogP contribution in [0, 0.1) is 10.1 Å². The van der Waals surface area contributed by atoms with Gasteiger partial charge in [-0.1, -0.05) is 6.92 Å². The van der Waals surface area contributed by atoms with E-state index in [-0.39, 0.29) is 11.6 Å². The van der Waals surface area contributed by atoms with Crippen LogP contribution < -0.4 is 5.32 Å². The quantitative estimate of drug-likeness (QED) is 0.678. The Morgan fingerprint density at radius 2 is 2.25 bits per heavy atom. The fourth-order valence-corrected chi connectivity index (χ4v) is 1.97. The molecule has 0 aliphatic heterocycles. The number of aryl methyl sites for hydroxylation is 1. The normalized spacial score (nSPS) is 10.3. The Bertz CT molecular complexity index is 663. The molecule has 0 fully saturated rings. The molecule has 0 aliphatic rings. The standard InChI is InChI=1S/C13H14N4O3/c1-3-12-15-6-7-16(12)11-8-9(13(18)14-2)4-5-10(11)17(19)20/h4-8H,3H2,1-2H3,(H,14,18). The lowest BCUT2D eigenvalue weighted by Crippen LogP contribution is -2.18. The molecule has 1 N–H and O–H groups in total. The van der Waals surface area contributed by atoms with Gasteiger partial charge >= 0.3 is 0 Å². The molecule has 7 nitrogen and oxygen atoms in total. The van der Waals surface area contributed by atoms with E-state index < -0.39 is 4.92 Å². The molecule has 104 valence electrons. The van der Waals surface area contributed by atoms with Crippen molar-refractivity contribution in [3.8, 4) is 5.69 Å². The van der Waals surface area contributed by atoms with E-state index in [1.165, 1.54) is 25.2 Å². The summed E-state index contributed by atoms with van der Waals surface area (Å²) in [6.45, 7) is 1.91. The molecule has 0 saturated heterocycles. The Hall–Kier alpha value is -2.70. The Labute approximate surface area is 115 Å². The van der Waals surface area contributed by atoms with E-state index in [0.29, 0.717) is 23.5 Å². The number of aromatic nitrogens is 2. The second-order valence-corrected chi connectivity index (χ2v) is 4.11. The smallest absolute Gasteiger partial charge is 0.293 e. The number of nitro groups is 1. The maximum absolute atomic E-state index is 11.7. The van der Waals surface area contributed by atoms with Gasteiger partial charge in [-0.05, 0) is 12.1 Å². The highest BCUT2D eigenvalue weighted by Crippen LogP contribution is 2.25. The van der Waals surface area contributed by atoms with Crippen LogP contribution in [0.1, 0.15) is 23.1 Å². The van der Waals surface area contributed by atoms with Crippen molar-refractivity contribution in [2.24, 2.45) is 0 Å². The summed E-state index contributed by atoms with van der Waals surface area (Å²) in [5.74, 6) is 0.404. The van der Waals surface area contributed by atoms with E-state index in [0.717, 1.165) is 0 Å². The summed E-state index contributed by atoms with van der Waals surface area (Å²) in [4.78, 5) is 26.5. The number of nitrogens with zero attached hydrogens (tertiary/aromatic N) is 3. The largest absolute Gasteiger partial charge is 0.355 e. The molecule has 0 spiro atoms. The van der Waals surface area contributed by atoms with Crippen molar-refractivity contribution in [2.45, 2.75) is 13.3 Å². The van der Waals surface area contributed by atoms with E-state index in [1.54, 1.807) is 17.0 Å². The minimum absolute atomic E-state index is 0.0645. The summed E-state index contributed by atoms with van der Waals surface area (Å²) in [7, 11) is 1.51. The molecule has 0 aliphatic carbocycles. The average molecular weight is 274 g/mol. The molecule has 0 bridgehead atoms. The van der Waals surface area contributed by atoms with Gasteiger partial charge < -0.3 is 5.32 Å². The Morgan fingerprint density at radius 1 is 1.50 bits per heavy atom. The number of benzene rings is 1. The van der Waals surface area contributed by atoms with E-state index in [9.17, 15) is 14.9 Å². The number of carbonyl (C=O) groups is 1. The molecular weight excluding hydrogens is 260 g/mol. The average Bonchev–Trinajstić information content (AvgIpc) is 2.93. The Balaban J connectivity index is 2.64. The lowest BCUT2D eigenvalue weighted by Gasteiger charge is -2.09. The first-order chi connectivity index (χ1) is 9.58. The predicted octanol–water partition coefficient (Wildman–Crippen LogP) is 1.70. The van der Waals surface area contributed by atoms with Gasteiger partial charge in [0.1, 0.15) is 11.5 Å². The SMILES string of the molecule is CCc1nccn1-c1cc(C(=O)NC)ccc1[N+](=O)[O-]. The van der Waals surface area contributed by atoms with Crippen molar-refractivity contribution in [1.29, 1.82) is 0 Å². The van der Waals surface area contributed by atoms with Crippen molar-refractivity contribution >= 4 is 11.6 Å². The maximum Gasteiger partial charge on any atom is 0.293 e. The van der Waals surface area contributed by atoms with Crippen molar-refractivity contribution in [1.82, 2.24) is 14.9 Å². The summed E-state index contributed by atoms with van der Waals surface area (Å²) in [5, 5.41) is 13.6. The molecule has 2 rings (SSSR count). The van der Waals surface area contributed by atoms with E-state index >= 15 is 0 Å². The van der Waals surface area contributed by atoms with Crippen LogP contribution >= 0.6 is 0 Å². The van der Waals surface area contributed by atoms with Crippen LogP contribution in [0.3, 0.4) is 0 Å². The van der Waals surface area contributed by atoms with Gasteiger partial charge in [0.05, 0.1) is 4.92 Å². The highest BCUT2D eigenvalue weighted by atomic mass is 16.6. The van der Waals surface area contributed by atoms with E-state index in [4.69, 9.17) is 0 Å². The van der Waals surface area contributed by atoms with Crippen LogP contribution in [0.15, 0.2) is 30.6 Å². The lowest BCUT2D eigenvalue weighted by atomic mass is 10.1. The first-order valence-corrected chi connectivity index (χ1v) is 6.11. The third kappa shape index (κ3) is 2.37. The number of hydrogen-bond acceptors (Lipinski definition) is 4. The second-order valence-electron chi connectivity index (χ2n) is 4.11. The van der Waals surface area contributed by atoms with Crippen LogP contribution in [0.2, 0.25) is 0 Å². The molecule has 2 aromatic rings. The van der Waals surface area contributed by atoms with Crippen LogP contribution in [0.4, 0.5) is 5.69 Å². The molecule has 0 atom stereocenters. The third-order valence-electron chi connectivity index (χ3n) is 2.95. The van der Waals surface area contributed by atoms with Gasteiger partial charge in [0, 0.05) is 37.5 Å². The first-order valence-electron chi connectivity index (χ1n) is 6.11. The van der Waals surface area contributed by atoms with Crippen molar-refractivity contribution in [2.75, 3.05) is 7.05 Å². The number of carbonyl (C=O) groups excluding carboxylic acids is 1. The van der Waals surface area contributed by atoms with Crippen LogP contribution in [0.25, 0.3) is 5.69 Å². The molecule has 1 aromatic heterocycles. The number of rotatable bonds is 4. The number of hydrogen-bond donors (Lipinski definition) is 1. The summed E-state index contributed by atoms with van der Waals surface area (Å²) in [6, 6.07) is 4.26. The number of nitrogens with one attached hydrogen (secondary N) is 1. The summed E-state index contributed by atoms with van der Waals surface area (Å²) < 4.78 is 1.63. The molecule has 1 aromatic carbocycles. The first kappa shape index (κ1) is 13.7. The van der Waals surface area contributed by atoms with Crippen LogP contribution in [-0.4, -0.2) is 27.4 Å². The summed E-state index contributed by atoms with van der Waals surface area (Å²) >= 11 is 0. The van der Waals surface area contributed by atoms with Gasteiger partial charge in [0.2, 0.25) is 0 Å². The number of amides is 1. The van der Waals surface area contributed by atoms with Gasteiger partial charge in [0.25, 0.3) is 11.6 Å². The van der Waals surface area contributed by atoms with Gasteiger partial charge in [-0.25, -0.2) is 4.98 Å². The van der Waals surface area contributed by atoms with Gasteiger partial charge in [-0.2, -0.15) is 0 Å². The molecule has 0 saturated carbocycles. The molecular formula is C13H14N4O3. The third-order valence-corrected chi connectivity index (χ3v) is 2.95. The molecule has 0 unspecified atom stereocenters. The van der Waals surface area contributed by atoms with Gasteiger partial charge in [-0.3, -0.25) is 19.5 Å². The molecule has 7 heteroatoms. The monoisotopic (exact) mass is 274 g/mol. The highest BCUT2D eigenvalue weighted by Gasteiger charge is 2.19. The molecule has 0 radical (unpaired) electrons. The maximum atomic E-state index is 11.7. The minimum atomic E-state index is -0.470. The fraction of sp³-hybridized carbons (Fsp3) is 0.231. The molecule has 1 amide bonds. The lowest BCUT2D eigenvalue weighted by molar-refractivity contribution is -0.384. The molecule has 20 heavy (non-hydrogen) atoms. The zero-order valence-corrected chi connectivity index (χ0v) is 11.2. The fourth-order valence-electron chi connectivity index (χ4n) is 1.97. The summed E-state index contributed by atoms with van der Waals surface area (Å²) in [6.07, 6.45) is 3.86. The second kappa shape index (κ2) is 5.52. The van der Waals surface area contributed by atoms with Crippen molar-refractivity contribution in [3.05, 3.63) is 52.1 Å². The zero-order valence-electron chi connectivity index (χ0n) is 11.2. The summed E-state index contributed by atoms with van der Waals surface area (Å²) in [5.41, 5.74) is 0.639. The zero-order chi connectivity index (χ0) is 14.7. The number of nitro benzene ring substituents is 1. The van der Waals surface area contributed by atoms with Crippen molar-refractivity contribution < 1.29 is 9.72 Å². The van der Waals surface area contributed by atoms with Crippen LogP contribution in [-0.2, 0) is 6.42 Å². The van der Waals surface area contributed by atoms with E-state index in [1.807, 2.05) is 6.92 Å². The van der Waals surface area contributed by atoms with Crippen LogP contribution in [0.5, 0.6) is 0 Å². The topological polar surface area (TPSA) is 90.1 Å². The predicted molar refractivity (Wildman–Crippen MR) is 73.0 cm³/mol. The minimum Gasteiger partial charge on any atom is -0.355 e. The van der Waals surface area contributed by atoms with E-state index in [2.05, 4.69) is 10.3 Å². The highest BCUT2D eigenvalue weighted by molar-refractivity contribution is 5.95. The Kier molecular flexibility index (Phi) is 3.79. The Morgan fingerprint density at radius 3 is 2.85 bits per heavy atom. The number of imidazole rings is 1. The van der Waals surface area contributed by atoms with Gasteiger partial charge in [-0.15, -0.1) is 0 Å². The van der Waals surface area contributed by atoms with Crippen molar-refractivity contribution in [3.63, 3.8) is 0 Å². The molecule has 1 heterocycles.